The van der Waals surface area contributed by atoms with Crippen molar-refractivity contribution in [1.29, 1.82) is 0 Å². The van der Waals surface area contributed by atoms with E-state index in [0.29, 0.717) is 17.7 Å². The molecule has 4 aliphatic carbocycles. The molecule has 0 aromatic carbocycles. The number of alkyl halides is 1. The van der Waals surface area contributed by atoms with E-state index in [1.54, 1.807) is 18.3 Å². The van der Waals surface area contributed by atoms with Crippen LogP contribution in [0.25, 0.3) is 0 Å². The van der Waals surface area contributed by atoms with Crippen LogP contribution in [0.1, 0.15) is 61.0 Å². The minimum Gasteiger partial charge on any atom is -0.459 e. The van der Waals surface area contributed by atoms with Crippen LogP contribution in [0.4, 0.5) is 0 Å². The van der Waals surface area contributed by atoms with Gasteiger partial charge in [-0.2, -0.15) is 0 Å². The zero-order valence-corrected chi connectivity index (χ0v) is 15.8. The molecule has 4 bridgehead atoms. The van der Waals surface area contributed by atoms with Gasteiger partial charge < -0.3 is 10.5 Å². The van der Waals surface area contributed by atoms with Gasteiger partial charge in [-0.3, -0.25) is 14.6 Å². The molecule has 2 unspecified atom stereocenters. The van der Waals surface area contributed by atoms with Gasteiger partial charge in [0.25, 0.3) is 5.91 Å². The van der Waals surface area contributed by atoms with E-state index in [9.17, 15) is 9.59 Å². The number of nitrogens with two attached hydrogens (primary N) is 1. The van der Waals surface area contributed by atoms with E-state index in [0.717, 1.165) is 31.1 Å². The van der Waals surface area contributed by atoms with Gasteiger partial charge in [-0.25, -0.2) is 0 Å². The van der Waals surface area contributed by atoms with Crippen molar-refractivity contribution in [1.82, 2.24) is 4.98 Å². The topological polar surface area (TPSA) is 82.3 Å². The molecule has 0 radical (unpaired) electrons. The van der Waals surface area contributed by atoms with Crippen LogP contribution >= 0.6 is 15.9 Å². The molecule has 2 N–H and O–H groups in total. The van der Waals surface area contributed by atoms with Crippen molar-refractivity contribution < 1.29 is 14.3 Å². The number of aromatic nitrogens is 1. The summed E-state index contributed by atoms with van der Waals surface area (Å²) in [7, 11) is 0. The van der Waals surface area contributed by atoms with E-state index in [1.807, 2.05) is 0 Å². The third-order valence-electron chi connectivity index (χ3n) is 6.16. The second kappa shape index (κ2) is 6.08. The fraction of sp³-hybridized carbons (Fsp3) is 0.632. The number of nitrogens with zero attached hydrogens (tertiary/aromatic N) is 1. The largest absolute Gasteiger partial charge is 0.459 e. The van der Waals surface area contributed by atoms with Crippen LogP contribution < -0.4 is 5.73 Å². The van der Waals surface area contributed by atoms with Gasteiger partial charge in [-0.05, 0) is 67.9 Å². The zero-order valence-electron chi connectivity index (χ0n) is 14.2. The summed E-state index contributed by atoms with van der Waals surface area (Å²) in [5, 5.41) is 0. The Balaban J connectivity index is 1.41. The lowest BCUT2D eigenvalue weighted by molar-refractivity contribution is -0.152. The lowest BCUT2D eigenvalue weighted by atomic mass is 9.49. The van der Waals surface area contributed by atoms with Crippen LogP contribution in [-0.2, 0) is 16.1 Å². The number of pyridine rings is 1. The molecule has 134 valence electrons. The maximum atomic E-state index is 12.5. The fourth-order valence-corrected chi connectivity index (χ4v) is 7.34. The molecule has 25 heavy (non-hydrogen) atoms. The summed E-state index contributed by atoms with van der Waals surface area (Å²) in [6, 6.07) is 3.25. The first-order valence-electron chi connectivity index (χ1n) is 8.95. The van der Waals surface area contributed by atoms with E-state index in [1.165, 1.54) is 19.3 Å². The van der Waals surface area contributed by atoms with Crippen LogP contribution in [0.5, 0.6) is 0 Å². The third-order valence-corrected chi connectivity index (χ3v) is 7.08. The lowest BCUT2D eigenvalue weighted by Crippen LogP contribution is -2.53. The molecule has 1 amide bonds. The molecule has 4 fully saturated rings. The van der Waals surface area contributed by atoms with Crippen molar-refractivity contribution >= 4 is 27.8 Å². The predicted octanol–water partition coefficient (Wildman–Crippen LogP) is 3.35. The van der Waals surface area contributed by atoms with Gasteiger partial charge in [0.1, 0.15) is 6.61 Å². The molecule has 1 aromatic rings. The summed E-state index contributed by atoms with van der Waals surface area (Å²) in [6.45, 7) is 0.000336. The molecular formula is C19H23BrN2O3. The van der Waals surface area contributed by atoms with Crippen molar-refractivity contribution in [2.24, 2.45) is 23.0 Å². The number of primary amides is 1. The van der Waals surface area contributed by atoms with E-state index in [4.69, 9.17) is 10.5 Å². The van der Waals surface area contributed by atoms with Crippen molar-refractivity contribution in [3.8, 4) is 0 Å². The van der Waals surface area contributed by atoms with Crippen LogP contribution in [-0.4, -0.2) is 21.2 Å². The second-order valence-electron chi connectivity index (χ2n) is 8.31. The smallest absolute Gasteiger partial charge is 0.306 e. The SMILES string of the molecule is NC(=O)c1cccnc1COC(=O)CC12CC3CC(CC(Br)(C3)C1)C2. The van der Waals surface area contributed by atoms with Crippen molar-refractivity contribution in [2.75, 3.05) is 0 Å². The molecule has 0 aliphatic heterocycles. The van der Waals surface area contributed by atoms with Gasteiger partial charge in [0.05, 0.1) is 17.7 Å². The number of halogens is 1. The van der Waals surface area contributed by atoms with Gasteiger partial charge >= 0.3 is 5.97 Å². The van der Waals surface area contributed by atoms with E-state index in [-0.39, 0.29) is 22.3 Å². The number of amides is 1. The molecule has 5 rings (SSSR count). The number of esters is 1. The number of carbonyl (C=O) groups is 2. The highest BCUT2D eigenvalue weighted by Gasteiger charge is 2.57. The molecule has 1 aromatic heterocycles. The first-order valence-corrected chi connectivity index (χ1v) is 9.74. The maximum Gasteiger partial charge on any atom is 0.306 e. The van der Waals surface area contributed by atoms with Crippen molar-refractivity contribution in [3.05, 3.63) is 29.6 Å². The molecule has 5 nitrogen and oxygen atoms in total. The molecular weight excluding hydrogens is 384 g/mol. The number of hydrogen-bond donors (Lipinski definition) is 1. The van der Waals surface area contributed by atoms with Gasteiger partial charge in [0.15, 0.2) is 0 Å². The highest BCUT2D eigenvalue weighted by Crippen LogP contribution is 2.65. The van der Waals surface area contributed by atoms with Crippen LogP contribution in [0, 0.1) is 17.3 Å². The lowest BCUT2D eigenvalue weighted by Gasteiger charge is -2.60. The Hall–Kier alpha value is -1.43. The molecule has 0 saturated heterocycles. The monoisotopic (exact) mass is 406 g/mol. The van der Waals surface area contributed by atoms with Crippen LogP contribution in [0.2, 0.25) is 0 Å². The highest BCUT2D eigenvalue weighted by atomic mass is 79.9. The minimum absolute atomic E-state index is 0.000336. The molecule has 4 saturated carbocycles. The first kappa shape index (κ1) is 17.0. The van der Waals surface area contributed by atoms with Gasteiger partial charge in [0.2, 0.25) is 0 Å². The summed E-state index contributed by atoms with van der Waals surface area (Å²) in [6.07, 6.45) is 9.20. The van der Waals surface area contributed by atoms with Crippen molar-refractivity contribution in [3.63, 3.8) is 0 Å². The Morgan fingerprint density at radius 1 is 1.28 bits per heavy atom. The maximum absolute atomic E-state index is 12.5. The number of ether oxygens (including phenoxy) is 1. The summed E-state index contributed by atoms with van der Waals surface area (Å²) in [5.41, 5.74) is 6.16. The Morgan fingerprint density at radius 3 is 2.64 bits per heavy atom. The van der Waals surface area contributed by atoms with Gasteiger partial charge in [-0.1, -0.05) is 15.9 Å². The number of carbonyl (C=O) groups excluding carboxylic acids is 2. The van der Waals surface area contributed by atoms with Crippen LogP contribution in [0.3, 0.4) is 0 Å². The Kier molecular flexibility index (Phi) is 4.13. The first-order chi connectivity index (χ1) is 11.9. The molecule has 1 heterocycles. The average Bonchev–Trinajstić information content (AvgIpc) is 2.50. The second-order valence-corrected chi connectivity index (χ2v) is 9.99. The van der Waals surface area contributed by atoms with Gasteiger partial charge in [-0.15, -0.1) is 0 Å². The quantitative estimate of drug-likeness (QED) is 0.600. The Bertz CT molecular complexity index is 706. The van der Waals surface area contributed by atoms with E-state index >= 15 is 0 Å². The highest BCUT2D eigenvalue weighted by molar-refractivity contribution is 9.10. The summed E-state index contributed by atoms with van der Waals surface area (Å²) in [5.74, 6) is 0.733. The Morgan fingerprint density at radius 2 is 2.00 bits per heavy atom. The minimum atomic E-state index is -0.554. The predicted molar refractivity (Wildman–Crippen MR) is 95.9 cm³/mol. The normalized spacial score (nSPS) is 35.6. The third kappa shape index (κ3) is 3.33. The van der Waals surface area contributed by atoms with Gasteiger partial charge in [0, 0.05) is 10.5 Å². The summed E-state index contributed by atoms with van der Waals surface area (Å²) in [4.78, 5) is 28.1. The molecule has 6 heteroatoms. The number of rotatable bonds is 5. The van der Waals surface area contributed by atoms with E-state index in [2.05, 4.69) is 20.9 Å². The van der Waals surface area contributed by atoms with Crippen LogP contribution in [0.15, 0.2) is 18.3 Å². The molecule has 0 spiro atoms. The Labute approximate surface area is 155 Å². The zero-order chi connectivity index (χ0) is 17.7. The summed E-state index contributed by atoms with van der Waals surface area (Å²) >= 11 is 3.97. The molecule has 4 aliphatic rings. The summed E-state index contributed by atoms with van der Waals surface area (Å²) < 4.78 is 5.70. The number of hydrogen-bond acceptors (Lipinski definition) is 4. The standard InChI is InChI=1S/C19H23BrN2O3/c20-19-7-12-4-13(8-19)6-18(5-12,11-19)9-16(23)25-10-15-14(17(21)24)2-1-3-22-15/h1-3,12-13H,4-11H2,(H2,21,24). The fourth-order valence-electron chi connectivity index (χ4n) is 5.83. The average molecular weight is 407 g/mol. The van der Waals surface area contributed by atoms with Crippen molar-refractivity contribution in [2.45, 2.75) is 55.9 Å². The molecule has 2 atom stereocenters. The van der Waals surface area contributed by atoms with E-state index < -0.39 is 5.91 Å².